The van der Waals surface area contributed by atoms with E-state index in [9.17, 15) is 4.79 Å². The number of nitrogens with two attached hydrogens (primary N) is 1. The zero-order chi connectivity index (χ0) is 12.5. The lowest BCUT2D eigenvalue weighted by molar-refractivity contribution is -0.124. The smallest absolute Gasteiger partial charge is 0.236 e. The number of tetrazole rings is 1. The summed E-state index contributed by atoms with van der Waals surface area (Å²) >= 11 is 0. The first-order valence-corrected chi connectivity index (χ1v) is 6.26. The van der Waals surface area contributed by atoms with Crippen molar-refractivity contribution in [3.8, 4) is 0 Å². The number of aromatic nitrogens is 4. The van der Waals surface area contributed by atoms with Crippen molar-refractivity contribution in [1.82, 2.24) is 30.4 Å². The van der Waals surface area contributed by atoms with Gasteiger partial charge in [-0.05, 0) is 23.3 Å². The molecule has 8 heteroatoms. The van der Waals surface area contributed by atoms with Crippen LogP contribution in [0.2, 0.25) is 0 Å². The van der Waals surface area contributed by atoms with Crippen molar-refractivity contribution in [3.63, 3.8) is 0 Å². The predicted molar refractivity (Wildman–Crippen MR) is 62.4 cm³/mol. The summed E-state index contributed by atoms with van der Waals surface area (Å²) in [4.78, 5) is 13.5. The van der Waals surface area contributed by atoms with Crippen LogP contribution >= 0.6 is 0 Å². The van der Waals surface area contributed by atoms with E-state index in [4.69, 9.17) is 5.73 Å². The van der Waals surface area contributed by atoms with Gasteiger partial charge >= 0.3 is 0 Å². The number of amides is 1. The Bertz CT molecular complexity index is 441. The minimum atomic E-state index is -0.298. The van der Waals surface area contributed by atoms with Crippen LogP contribution in [0.3, 0.4) is 0 Å². The Morgan fingerprint density at radius 2 is 2.33 bits per heavy atom. The van der Waals surface area contributed by atoms with Crippen LogP contribution in [-0.4, -0.2) is 56.7 Å². The van der Waals surface area contributed by atoms with Gasteiger partial charge in [-0.1, -0.05) is 0 Å². The molecule has 8 nitrogen and oxygen atoms in total. The van der Waals surface area contributed by atoms with Gasteiger partial charge < -0.3 is 11.1 Å². The third-order valence-corrected chi connectivity index (χ3v) is 3.48. The molecule has 1 aromatic heterocycles. The molecule has 2 heterocycles. The summed E-state index contributed by atoms with van der Waals surface area (Å²) < 4.78 is 1.88. The molecule has 1 unspecified atom stereocenters. The second kappa shape index (κ2) is 4.62. The molecule has 18 heavy (non-hydrogen) atoms. The average Bonchev–Trinajstić information content (AvgIpc) is 3.11. The lowest BCUT2D eigenvalue weighted by atomic mass is 10.2. The Morgan fingerprint density at radius 1 is 1.50 bits per heavy atom. The first-order chi connectivity index (χ1) is 8.75. The van der Waals surface area contributed by atoms with E-state index in [1.807, 2.05) is 9.58 Å². The fourth-order valence-electron chi connectivity index (χ4n) is 2.32. The van der Waals surface area contributed by atoms with Crippen LogP contribution in [-0.2, 0) is 11.3 Å². The van der Waals surface area contributed by atoms with Gasteiger partial charge in [0.25, 0.3) is 0 Å². The molecule has 2 aliphatic rings. The van der Waals surface area contributed by atoms with Crippen molar-refractivity contribution < 1.29 is 4.79 Å². The minimum Gasteiger partial charge on any atom is -0.368 e. The number of nitrogens with zero attached hydrogens (tertiary/aromatic N) is 5. The Kier molecular flexibility index (Phi) is 2.96. The number of carbonyl (C=O) groups excluding carboxylic acids is 1. The number of primary amides is 1. The Hall–Kier alpha value is -1.54. The Balaban J connectivity index is 1.73. The van der Waals surface area contributed by atoms with E-state index in [1.54, 1.807) is 0 Å². The summed E-state index contributed by atoms with van der Waals surface area (Å²) in [7, 11) is 0. The quantitative estimate of drug-likeness (QED) is 0.659. The van der Waals surface area contributed by atoms with Gasteiger partial charge in [-0.15, -0.1) is 5.10 Å². The molecule has 0 bridgehead atoms. The molecular formula is C10H17N7O. The number of rotatable bonds is 4. The van der Waals surface area contributed by atoms with E-state index in [-0.39, 0.29) is 11.9 Å². The SMILES string of the molecule is NC(=O)C1CNCCN1Cc1nnnn1C1CC1. The number of carbonyl (C=O) groups is 1. The van der Waals surface area contributed by atoms with E-state index in [1.165, 1.54) is 0 Å². The molecule has 0 aromatic carbocycles. The van der Waals surface area contributed by atoms with Crippen LogP contribution in [0.5, 0.6) is 0 Å². The van der Waals surface area contributed by atoms with Gasteiger partial charge in [0.15, 0.2) is 5.82 Å². The van der Waals surface area contributed by atoms with Gasteiger partial charge in [-0.3, -0.25) is 9.69 Å². The van der Waals surface area contributed by atoms with Crippen molar-refractivity contribution in [1.29, 1.82) is 0 Å². The highest BCUT2D eigenvalue weighted by molar-refractivity contribution is 5.80. The van der Waals surface area contributed by atoms with Crippen molar-refractivity contribution in [2.75, 3.05) is 19.6 Å². The second-order valence-electron chi connectivity index (χ2n) is 4.86. The summed E-state index contributed by atoms with van der Waals surface area (Å²) in [5.74, 6) is 0.526. The molecule has 3 N–H and O–H groups in total. The summed E-state index contributed by atoms with van der Waals surface area (Å²) in [6.45, 7) is 2.82. The lowest BCUT2D eigenvalue weighted by Gasteiger charge is -2.33. The second-order valence-corrected chi connectivity index (χ2v) is 4.86. The van der Waals surface area contributed by atoms with Crippen LogP contribution in [0, 0.1) is 0 Å². The normalized spacial score (nSPS) is 25.2. The molecule has 1 atom stereocenters. The summed E-state index contributed by atoms with van der Waals surface area (Å²) in [5, 5.41) is 15.0. The topological polar surface area (TPSA) is 102 Å². The van der Waals surface area contributed by atoms with Crippen molar-refractivity contribution in [3.05, 3.63) is 5.82 Å². The molecule has 98 valence electrons. The fourth-order valence-corrected chi connectivity index (χ4v) is 2.32. The van der Waals surface area contributed by atoms with Gasteiger partial charge in [0, 0.05) is 19.6 Å². The lowest BCUT2D eigenvalue weighted by Crippen LogP contribution is -2.56. The molecule has 1 saturated carbocycles. The summed E-state index contributed by atoms with van der Waals surface area (Å²) in [5.41, 5.74) is 5.42. The molecule has 1 amide bonds. The molecule has 2 fully saturated rings. The van der Waals surface area contributed by atoms with Gasteiger partial charge in [-0.2, -0.15) is 0 Å². The zero-order valence-electron chi connectivity index (χ0n) is 10.1. The highest BCUT2D eigenvalue weighted by Gasteiger charge is 2.31. The van der Waals surface area contributed by atoms with Crippen LogP contribution in [0.15, 0.2) is 0 Å². The molecule has 0 spiro atoms. The third kappa shape index (κ3) is 2.21. The molecule has 1 aliphatic carbocycles. The van der Waals surface area contributed by atoms with Crippen LogP contribution in [0.4, 0.5) is 0 Å². The number of piperazine rings is 1. The van der Waals surface area contributed by atoms with Gasteiger partial charge in [0.05, 0.1) is 12.6 Å². The molecule has 1 aromatic rings. The van der Waals surface area contributed by atoms with Crippen molar-refractivity contribution in [2.24, 2.45) is 5.73 Å². The van der Waals surface area contributed by atoms with Crippen molar-refractivity contribution in [2.45, 2.75) is 31.5 Å². The molecular weight excluding hydrogens is 234 g/mol. The predicted octanol–water partition coefficient (Wildman–Crippen LogP) is -1.73. The minimum absolute atomic E-state index is 0.275. The first-order valence-electron chi connectivity index (χ1n) is 6.26. The molecule has 3 rings (SSSR count). The molecule has 1 saturated heterocycles. The number of nitrogens with one attached hydrogen (secondary N) is 1. The maximum Gasteiger partial charge on any atom is 0.236 e. The van der Waals surface area contributed by atoms with Gasteiger partial charge in [-0.25, -0.2) is 4.68 Å². The van der Waals surface area contributed by atoms with Gasteiger partial charge in [0.2, 0.25) is 5.91 Å². The van der Waals surface area contributed by atoms with E-state index in [0.29, 0.717) is 19.1 Å². The summed E-state index contributed by atoms with van der Waals surface area (Å²) in [6, 6.07) is 0.174. The molecule has 1 aliphatic heterocycles. The first kappa shape index (κ1) is 11.5. The zero-order valence-corrected chi connectivity index (χ0v) is 10.1. The maximum atomic E-state index is 11.4. The van der Waals surface area contributed by atoms with E-state index >= 15 is 0 Å². The van der Waals surface area contributed by atoms with E-state index in [0.717, 1.165) is 31.8 Å². The number of hydrogen-bond acceptors (Lipinski definition) is 6. The number of hydrogen-bond donors (Lipinski definition) is 2. The van der Waals surface area contributed by atoms with E-state index < -0.39 is 0 Å². The monoisotopic (exact) mass is 251 g/mol. The Labute approximate surface area is 104 Å². The van der Waals surface area contributed by atoms with Crippen LogP contribution in [0.25, 0.3) is 0 Å². The highest BCUT2D eigenvalue weighted by Crippen LogP contribution is 2.34. The maximum absolute atomic E-state index is 11.4. The van der Waals surface area contributed by atoms with Crippen LogP contribution in [0.1, 0.15) is 24.7 Å². The largest absolute Gasteiger partial charge is 0.368 e. The van der Waals surface area contributed by atoms with E-state index in [2.05, 4.69) is 20.8 Å². The Morgan fingerprint density at radius 3 is 3.06 bits per heavy atom. The highest BCUT2D eigenvalue weighted by atomic mass is 16.1. The van der Waals surface area contributed by atoms with Gasteiger partial charge in [0.1, 0.15) is 6.04 Å². The average molecular weight is 251 g/mol. The molecule has 0 radical (unpaired) electrons. The van der Waals surface area contributed by atoms with Crippen molar-refractivity contribution >= 4 is 5.91 Å². The standard InChI is InChI=1S/C10H17N7O/c11-10(18)8-5-12-3-4-16(8)6-9-13-14-15-17(9)7-1-2-7/h7-8,12H,1-6H2,(H2,11,18). The third-order valence-electron chi connectivity index (χ3n) is 3.48. The fraction of sp³-hybridized carbons (Fsp3) is 0.800. The summed E-state index contributed by atoms with van der Waals surface area (Å²) in [6.07, 6.45) is 2.28. The van der Waals surface area contributed by atoms with Crippen LogP contribution < -0.4 is 11.1 Å².